The first-order chi connectivity index (χ1) is 13.2. The summed E-state index contributed by atoms with van der Waals surface area (Å²) in [7, 11) is 1.67. The van der Waals surface area contributed by atoms with Crippen LogP contribution in [0.3, 0.4) is 0 Å². The van der Waals surface area contributed by atoms with E-state index in [4.69, 9.17) is 16.3 Å². The topological polar surface area (TPSA) is 42.4 Å². The normalized spacial score (nSPS) is 11.3. The Morgan fingerprint density at radius 1 is 1.26 bits per heavy atom. The number of amides is 1. The molecule has 2 heterocycles. The molecule has 0 aliphatic heterocycles. The number of benzene rings is 1. The van der Waals surface area contributed by atoms with E-state index in [2.05, 4.69) is 4.98 Å². The molecule has 6 heteroatoms. The number of aromatic nitrogens is 1. The number of rotatable bonds is 8. The van der Waals surface area contributed by atoms with Crippen LogP contribution in [0.15, 0.2) is 54.9 Å². The lowest BCUT2D eigenvalue weighted by molar-refractivity contribution is -0.126. The third-order valence-electron chi connectivity index (χ3n) is 4.15. The summed E-state index contributed by atoms with van der Waals surface area (Å²) in [6.45, 7) is 1.78. The second-order valence-electron chi connectivity index (χ2n) is 6.07. The van der Waals surface area contributed by atoms with Crippen molar-refractivity contribution in [2.45, 2.75) is 13.0 Å². The van der Waals surface area contributed by atoms with Crippen molar-refractivity contribution in [3.05, 3.63) is 70.3 Å². The van der Waals surface area contributed by atoms with Crippen LogP contribution < -0.4 is 0 Å². The average molecular weight is 401 g/mol. The molecule has 4 nitrogen and oxygen atoms in total. The standard InChI is InChI=1S/C21H21ClN2O2S/c1-26-14-4-13-24(15-16-9-11-23-12-10-16)20(25)8-7-19-21(22)17-5-2-3-6-18(17)27-19/h2-3,5-12H,4,13-15H2,1H3/b8-7+. The number of hydrogen-bond donors (Lipinski definition) is 0. The van der Waals surface area contributed by atoms with Crippen LogP contribution in [-0.4, -0.2) is 36.1 Å². The molecule has 140 valence electrons. The lowest BCUT2D eigenvalue weighted by Gasteiger charge is -2.21. The maximum atomic E-state index is 12.8. The van der Waals surface area contributed by atoms with Crippen LogP contribution in [0.5, 0.6) is 0 Å². The van der Waals surface area contributed by atoms with Gasteiger partial charge < -0.3 is 9.64 Å². The smallest absolute Gasteiger partial charge is 0.246 e. The van der Waals surface area contributed by atoms with Crippen LogP contribution >= 0.6 is 22.9 Å². The second kappa shape index (κ2) is 9.65. The zero-order valence-electron chi connectivity index (χ0n) is 15.1. The van der Waals surface area contributed by atoms with Crippen molar-refractivity contribution in [1.82, 2.24) is 9.88 Å². The Morgan fingerprint density at radius 2 is 2.04 bits per heavy atom. The number of halogens is 1. The van der Waals surface area contributed by atoms with E-state index in [0.29, 0.717) is 24.7 Å². The van der Waals surface area contributed by atoms with Crippen molar-refractivity contribution in [3.63, 3.8) is 0 Å². The number of thiophene rings is 1. The van der Waals surface area contributed by atoms with Crippen molar-refractivity contribution < 1.29 is 9.53 Å². The van der Waals surface area contributed by atoms with E-state index in [-0.39, 0.29) is 5.91 Å². The number of hydrogen-bond acceptors (Lipinski definition) is 4. The summed E-state index contributed by atoms with van der Waals surface area (Å²) in [5, 5.41) is 1.71. The Balaban J connectivity index is 1.75. The van der Waals surface area contributed by atoms with E-state index in [9.17, 15) is 4.79 Å². The van der Waals surface area contributed by atoms with Crippen molar-refractivity contribution in [2.24, 2.45) is 0 Å². The molecule has 0 saturated carbocycles. The number of carbonyl (C=O) groups excluding carboxylic acids is 1. The Morgan fingerprint density at radius 3 is 2.78 bits per heavy atom. The number of pyridine rings is 1. The first kappa shape index (κ1) is 19.5. The van der Waals surface area contributed by atoms with Crippen LogP contribution in [0.2, 0.25) is 5.02 Å². The van der Waals surface area contributed by atoms with Gasteiger partial charge in [0, 0.05) is 60.2 Å². The van der Waals surface area contributed by atoms with Gasteiger partial charge in [-0.3, -0.25) is 9.78 Å². The monoisotopic (exact) mass is 400 g/mol. The SMILES string of the molecule is COCCCN(Cc1ccncc1)C(=O)/C=C/c1sc2ccccc2c1Cl. The van der Waals surface area contributed by atoms with E-state index < -0.39 is 0 Å². The number of nitrogens with zero attached hydrogens (tertiary/aromatic N) is 2. The molecule has 0 aliphatic carbocycles. The van der Waals surface area contributed by atoms with Gasteiger partial charge in [-0.05, 0) is 36.3 Å². The van der Waals surface area contributed by atoms with Gasteiger partial charge in [-0.25, -0.2) is 0 Å². The predicted molar refractivity (Wildman–Crippen MR) is 112 cm³/mol. The fourth-order valence-corrected chi connectivity index (χ4v) is 4.17. The van der Waals surface area contributed by atoms with Crippen molar-refractivity contribution in [1.29, 1.82) is 0 Å². The Bertz CT molecular complexity index is 924. The summed E-state index contributed by atoms with van der Waals surface area (Å²) in [5.41, 5.74) is 1.05. The third kappa shape index (κ3) is 5.16. The highest BCUT2D eigenvalue weighted by atomic mass is 35.5. The number of methoxy groups -OCH3 is 1. The molecule has 0 aliphatic rings. The zero-order chi connectivity index (χ0) is 19.1. The molecule has 0 fully saturated rings. The molecule has 27 heavy (non-hydrogen) atoms. The number of ether oxygens (including phenoxy) is 1. The molecule has 0 atom stereocenters. The Hall–Kier alpha value is -2.21. The zero-order valence-corrected chi connectivity index (χ0v) is 16.7. The fraction of sp³-hybridized carbons (Fsp3) is 0.238. The quantitative estimate of drug-likeness (QED) is 0.393. The molecule has 1 aromatic carbocycles. The van der Waals surface area contributed by atoms with Gasteiger partial charge in [-0.15, -0.1) is 11.3 Å². The van der Waals surface area contributed by atoms with Crippen LogP contribution in [-0.2, 0) is 16.1 Å². The average Bonchev–Trinajstić information content (AvgIpc) is 3.02. The molecule has 2 aromatic heterocycles. The van der Waals surface area contributed by atoms with Crippen LogP contribution in [0.25, 0.3) is 16.2 Å². The van der Waals surface area contributed by atoms with Gasteiger partial charge in [0.1, 0.15) is 0 Å². The highest BCUT2D eigenvalue weighted by Gasteiger charge is 2.13. The second-order valence-corrected chi connectivity index (χ2v) is 7.53. The molecular formula is C21H21ClN2O2S. The summed E-state index contributed by atoms with van der Waals surface area (Å²) < 4.78 is 6.23. The molecular weight excluding hydrogens is 380 g/mol. The van der Waals surface area contributed by atoms with Crippen molar-refractivity contribution in [3.8, 4) is 0 Å². The fourth-order valence-electron chi connectivity index (χ4n) is 2.77. The maximum Gasteiger partial charge on any atom is 0.246 e. The summed E-state index contributed by atoms with van der Waals surface area (Å²) in [6.07, 6.45) is 7.67. The molecule has 0 N–H and O–H groups in total. The molecule has 0 saturated heterocycles. The molecule has 3 aromatic rings. The highest BCUT2D eigenvalue weighted by Crippen LogP contribution is 2.35. The minimum atomic E-state index is -0.0450. The number of carbonyl (C=O) groups is 1. The van der Waals surface area contributed by atoms with E-state index in [1.807, 2.05) is 47.4 Å². The van der Waals surface area contributed by atoms with Crippen molar-refractivity contribution in [2.75, 3.05) is 20.3 Å². The molecule has 3 rings (SSSR count). The van der Waals surface area contributed by atoms with E-state index in [1.165, 1.54) is 0 Å². The van der Waals surface area contributed by atoms with Gasteiger partial charge in [-0.1, -0.05) is 29.8 Å². The Labute approximate surface area is 168 Å². The summed E-state index contributed by atoms with van der Waals surface area (Å²) >= 11 is 8.05. The van der Waals surface area contributed by atoms with Gasteiger partial charge in [0.15, 0.2) is 0 Å². The minimum Gasteiger partial charge on any atom is -0.385 e. The minimum absolute atomic E-state index is 0.0450. The molecule has 0 unspecified atom stereocenters. The lowest BCUT2D eigenvalue weighted by atomic mass is 10.2. The summed E-state index contributed by atoms with van der Waals surface area (Å²) in [6, 6.07) is 11.8. The molecule has 1 amide bonds. The van der Waals surface area contributed by atoms with Crippen LogP contribution in [0, 0.1) is 0 Å². The lowest BCUT2D eigenvalue weighted by Crippen LogP contribution is -2.30. The van der Waals surface area contributed by atoms with Crippen molar-refractivity contribution >= 4 is 45.0 Å². The first-order valence-electron chi connectivity index (χ1n) is 8.71. The highest BCUT2D eigenvalue weighted by molar-refractivity contribution is 7.20. The first-order valence-corrected chi connectivity index (χ1v) is 9.90. The van der Waals surface area contributed by atoms with E-state index in [0.717, 1.165) is 26.9 Å². The molecule has 0 radical (unpaired) electrons. The van der Waals surface area contributed by atoms with Gasteiger partial charge >= 0.3 is 0 Å². The van der Waals surface area contributed by atoms with E-state index >= 15 is 0 Å². The third-order valence-corrected chi connectivity index (χ3v) is 5.80. The largest absolute Gasteiger partial charge is 0.385 e. The maximum absolute atomic E-state index is 12.8. The Kier molecular flexibility index (Phi) is 6.98. The van der Waals surface area contributed by atoms with Gasteiger partial charge in [-0.2, -0.15) is 0 Å². The molecule has 0 bridgehead atoms. The number of fused-ring (bicyclic) bond motifs is 1. The van der Waals surface area contributed by atoms with Gasteiger partial charge in [0.25, 0.3) is 0 Å². The summed E-state index contributed by atoms with van der Waals surface area (Å²) in [4.78, 5) is 19.5. The predicted octanol–water partition coefficient (Wildman–Crippen LogP) is 5.03. The van der Waals surface area contributed by atoms with Gasteiger partial charge in [0.05, 0.1) is 5.02 Å². The van der Waals surface area contributed by atoms with Crippen LogP contribution in [0.1, 0.15) is 16.9 Å². The molecule has 0 spiro atoms. The van der Waals surface area contributed by atoms with Crippen LogP contribution in [0.4, 0.5) is 0 Å². The van der Waals surface area contributed by atoms with E-state index in [1.54, 1.807) is 36.9 Å². The summed E-state index contributed by atoms with van der Waals surface area (Å²) in [5.74, 6) is -0.0450. The van der Waals surface area contributed by atoms with Gasteiger partial charge in [0.2, 0.25) is 5.91 Å².